The molecule has 1 saturated carbocycles. The fraction of sp³-hybridized carbons (Fsp3) is 0.889. The zero-order valence-corrected chi connectivity index (χ0v) is 7.13. The van der Waals surface area contributed by atoms with Gasteiger partial charge in [0.2, 0.25) is 0 Å². The number of nitrogens with zero attached hydrogens (tertiary/aromatic N) is 1. The predicted octanol–water partition coefficient (Wildman–Crippen LogP) is 1.45. The summed E-state index contributed by atoms with van der Waals surface area (Å²) >= 11 is 0. The highest BCUT2D eigenvalue weighted by molar-refractivity contribution is 5.23. The van der Waals surface area contributed by atoms with Gasteiger partial charge in [0.15, 0.2) is 0 Å². The first-order chi connectivity index (χ1) is 5.36. The Kier molecular flexibility index (Phi) is 3.57. The Morgan fingerprint density at radius 2 is 2.27 bits per heavy atom. The highest BCUT2D eigenvalue weighted by atomic mass is 14.7. The Balaban J connectivity index is 2.03. The number of hydrogen-bond acceptors (Lipinski definition) is 2. The molecule has 0 heterocycles. The van der Waals surface area contributed by atoms with E-state index in [0.717, 1.165) is 19.0 Å². The van der Waals surface area contributed by atoms with Crippen LogP contribution in [0.5, 0.6) is 0 Å². The Labute approximate surface area is 68.9 Å². The molecule has 1 aliphatic rings. The lowest BCUT2D eigenvalue weighted by molar-refractivity contribution is 0.473. The third kappa shape index (κ3) is 3.51. The second-order valence-corrected chi connectivity index (χ2v) is 3.53. The van der Waals surface area contributed by atoms with Crippen LogP contribution in [0.25, 0.3) is 0 Å². The Morgan fingerprint density at radius 1 is 1.55 bits per heavy atom. The van der Waals surface area contributed by atoms with Crippen LogP contribution >= 0.6 is 0 Å². The van der Waals surface area contributed by atoms with E-state index in [4.69, 9.17) is 5.73 Å². The van der Waals surface area contributed by atoms with Crippen molar-refractivity contribution in [3.8, 4) is 0 Å². The maximum Gasteiger partial charge on any atom is 0.0422 e. The van der Waals surface area contributed by atoms with Crippen molar-refractivity contribution in [1.82, 2.24) is 0 Å². The molecule has 0 spiro atoms. The summed E-state index contributed by atoms with van der Waals surface area (Å²) in [6.45, 7) is 5.11. The number of rotatable bonds is 6. The monoisotopic (exact) mass is 154 g/mol. The topological polar surface area (TPSA) is 38.4 Å². The fourth-order valence-corrected chi connectivity index (χ4v) is 1.34. The lowest BCUT2D eigenvalue weighted by atomic mass is 10.0. The van der Waals surface area contributed by atoms with E-state index in [1.807, 2.05) is 0 Å². The first-order valence-electron chi connectivity index (χ1n) is 4.49. The molecule has 1 unspecified atom stereocenters. The quantitative estimate of drug-likeness (QED) is 0.578. The van der Waals surface area contributed by atoms with Crippen LogP contribution in [0.2, 0.25) is 0 Å². The summed E-state index contributed by atoms with van der Waals surface area (Å²) in [4.78, 5) is 3.88. The molecule has 2 nitrogen and oxygen atoms in total. The minimum atomic E-state index is 0.591. The van der Waals surface area contributed by atoms with Gasteiger partial charge in [-0.15, -0.1) is 0 Å². The van der Waals surface area contributed by atoms with Crippen LogP contribution in [-0.4, -0.2) is 19.8 Å². The maximum atomic E-state index is 5.58. The molecule has 0 amide bonds. The molecule has 2 heteroatoms. The molecule has 1 atom stereocenters. The van der Waals surface area contributed by atoms with Gasteiger partial charge in [-0.1, -0.05) is 19.3 Å². The molecule has 0 aromatic heterocycles. The maximum absolute atomic E-state index is 5.58. The average Bonchev–Trinajstić information content (AvgIpc) is 2.81. The first kappa shape index (κ1) is 8.72. The lowest BCUT2D eigenvalue weighted by Gasteiger charge is -2.10. The van der Waals surface area contributed by atoms with E-state index in [1.165, 1.54) is 25.7 Å². The van der Waals surface area contributed by atoms with E-state index in [-0.39, 0.29) is 0 Å². The second-order valence-electron chi connectivity index (χ2n) is 3.53. The van der Waals surface area contributed by atoms with Gasteiger partial charge in [0.25, 0.3) is 0 Å². The van der Waals surface area contributed by atoms with Crippen LogP contribution in [0.4, 0.5) is 0 Å². The fourth-order valence-electron chi connectivity index (χ4n) is 1.34. The molecule has 0 radical (unpaired) electrons. The molecule has 64 valence electrons. The van der Waals surface area contributed by atoms with E-state index >= 15 is 0 Å². The molecule has 1 rings (SSSR count). The average molecular weight is 154 g/mol. The van der Waals surface area contributed by atoms with Gasteiger partial charge in [0, 0.05) is 6.54 Å². The highest BCUT2D eigenvalue weighted by Crippen LogP contribution is 2.34. The minimum absolute atomic E-state index is 0.591. The summed E-state index contributed by atoms with van der Waals surface area (Å²) in [6.07, 6.45) is 5.50. The van der Waals surface area contributed by atoms with Crippen LogP contribution in [0.1, 0.15) is 25.7 Å². The van der Waals surface area contributed by atoms with E-state index in [2.05, 4.69) is 11.7 Å². The summed E-state index contributed by atoms with van der Waals surface area (Å²) in [7, 11) is 0. The Hall–Kier alpha value is -0.370. The van der Waals surface area contributed by atoms with Gasteiger partial charge in [-0.05, 0) is 31.5 Å². The lowest BCUT2D eigenvalue weighted by Crippen LogP contribution is -2.17. The summed E-state index contributed by atoms with van der Waals surface area (Å²) in [5.41, 5.74) is 5.58. The molecule has 0 aromatic rings. The van der Waals surface area contributed by atoms with Crippen molar-refractivity contribution in [2.45, 2.75) is 25.7 Å². The normalized spacial score (nSPS) is 19.7. The van der Waals surface area contributed by atoms with E-state index in [1.54, 1.807) is 0 Å². The number of aliphatic imine (C=N–C) groups is 1. The second kappa shape index (κ2) is 4.50. The molecular weight excluding hydrogens is 136 g/mol. The smallest absolute Gasteiger partial charge is 0.0422 e. The van der Waals surface area contributed by atoms with Gasteiger partial charge in [-0.3, -0.25) is 0 Å². The molecular formula is C9H18N2. The van der Waals surface area contributed by atoms with Crippen LogP contribution in [0.15, 0.2) is 4.99 Å². The molecule has 1 fully saturated rings. The van der Waals surface area contributed by atoms with Crippen molar-refractivity contribution < 1.29 is 0 Å². The van der Waals surface area contributed by atoms with Gasteiger partial charge in [0.05, 0.1) is 0 Å². The zero-order chi connectivity index (χ0) is 8.10. The Morgan fingerprint density at radius 3 is 2.73 bits per heavy atom. The minimum Gasteiger partial charge on any atom is -0.330 e. The molecule has 2 N–H and O–H groups in total. The molecule has 0 bridgehead atoms. The largest absolute Gasteiger partial charge is 0.330 e. The Bertz CT molecular complexity index is 119. The van der Waals surface area contributed by atoms with Crippen molar-refractivity contribution in [1.29, 1.82) is 0 Å². The predicted molar refractivity (Wildman–Crippen MR) is 48.9 cm³/mol. The van der Waals surface area contributed by atoms with E-state index < -0.39 is 0 Å². The van der Waals surface area contributed by atoms with Gasteiger partial charge in [-0.25, -0.2) is 0 Å². The highest BCUT2D eigenvalue weighted by Gasteiger charge is 2.21. The third-order valence-electron chi connectivity index (χ3n) is 2.40. The summed E-state index contributed by atoms with van der Waals surface area (Å²) < 4.78 is 0. The van der Waals surface area contributed by atoms with Crippen molar-refractivity contribution in [3.63, 3.8) is 0 Å². The van der Waals surface area contributed by atoms with Crippen molar-refractivity contribution in [3.05, 3.63) is 0 Å². The van der Waals surface area contributed by atoms with Crippen molar-refractivity contribution >= 4 is 6.72 Å². The molecule has 11 heavy (non-hydrogen) atoms. The number of hydrogen-bond donors (Lipinski definition) is 1. The first-order valence-corrected chi connectivity index (χ1v) is 4.49. The van der Waals surface area contributed by atoms with Gasteiger partial charge in [-0.2, -0.15) is 0 Å². The van der Waals surface area contributed by atoms with Crippen LogP contribution in [0, 0.1) is 11.8 Å². The summed E-state index contributed by atoms with van der Waals surface area (Å²) in [5, 5.41) is 0. The van der Waals surface area contributed by atoms with E-state index in [9.17, 15) is 0 Å². The van der Waals surface area contributed by atoms with Gasteiger partial charge in [0.1, 0.15) is 0 Å². The summed E-state index contributed by atoms with van der Waals surface area (Å²) in [5.74, 6) is 1.61. The third-order valence-corrected chi connectivity index (χ3v) is 2.40. The van der Waals surface area contributed by atoms with Crippen LogP contribution < -0.4 is 5.73 Å². The molecule has 0 saturated heterocycles. The molecule has 0 aliphatic heterocycles. The van der Waals surface area contributed by atoms with Crippen LogP contribution in [0.3, 0.4) is 0 Å². The van der Waals surface area contributed by atoms with Gasteiger partial charge < -0.3 is 10.7 Å². The molecule has 0 aromatic carbocycles. The zero-order valence-electron chi connectivity index (χ0n) is 7.13. The standard InChI is InChI=1S/C9H18N2/c1-11-7-9(6-10)5-4-8-2-3-8/h8-9H,1-7,10H2. The van der Waals surface area contributed by atoms with E-state index in [0.29, 0.717) is 5.92 Å². The molecule has 1 aliphatic carbocycles. The summed E-state index contributed by atoms with van der Waals surface area (Å²) in [6, 6.07) is 0. The van der Waals surface area contributed by atoms with Crippen molar-refractivity contribution in [2.75, 3.05) is 13.1 Å². The van der Waals surface area contributed by atoms with Gasteiger partial charge >= 0.3 is 0 Å². The van der Waals surface area contributed by atoms with Crippen LogP contribution in [-0.2, 0) is 0 Å². The SMILES string of the molecule is C=NCC(CN)CCC1CC1. The van der Waals surface area contributed by atoms with Crippen molar-refractivity contribution in [2.24, 2.45) is 22.6 Å². The number of nitrogens with two attached hydrogens (primary N) is 1.